The Morgan fingerprint density at radius 3 is 2.63 bits per heavy atom. The first-order chi connectivity index (χ1) is 19.2. The summed E-state index contributed by atoms with van der Waals surface area (Å²) < 4.78 is 90.2. The molecule has 12 heteroatoms. The predicted octanol–water partition coefficient (Wildman–Crippen LogP) is 4.07. The maximum atomic E-state index is 17.4. The molecule has 0 aromatic heterocycles. The molecule has 7 nitrogen and oxygen atoms in total. The van der Waals surface area contributed by atoms with Gasteiger partial charge in [0.15, 0.2) is 40.7 Å². The van der Waals surface area contributed by atoms with Crippen LogP contribution in [0.4, 0.5) is 22.0 Å². The third-order valence-corrected chi connectivity index (χ3v) is 10.4. The number of ketones is 2. The normalized spacial score (nSPS) is 44.6. The quantitative estimate of drug-likeness (QED) is 0.504. The smallest absolute Gasteiger partial charge is 0.387 e. The molecule has 4 aliphatic carbocycles. The topological polar surface area (TPSA) is 102 Å². The summed E-state index contributed by atoms with van der Waals surface area (Å²) in [5, 5.41) is 21.5. The van der Waals surface area contributed by atoms with Crippen LogP contribution in [0.15, 0.2) is 42.0 Å². The summed E-state index contributed by atoms with van der Waals surface area (Å²) in [5.74, 6) is -5.24. The molecule has 1 aromatic carbocycles. The van der Waals surface area contributed by atoms with Gasteiger partial charge >= 0.3 is 6.61 Å². The average Bonchev–Trinajstić information content (AvgIpc) is 3.41. The van der Waals surface area contributed by atoms with Crippen molar-refractivity contribution < 1.29 is 56.0 Å². The number of aliphatic hydroxyl groups is 2. The summed E-state index contributed by atoms with van der Waals surface area (Å²) in [5.41, 5.74) is -7.86. The number of carbonyl (C=O) groups excluding carboxylic acids is 2. The number of hydrogen-bond donors (Lipinski definition) is 2. The Labute approximate surface area is 231 Å². The van der Waals surface area contributed by atoms with Gasteiger partial charge in [0.05, 0.1) is 12.2 Å². The van der Waals surface area contributed by atoms with Crippen molar-refractivity contribution in [1.82, 2.24) is 0 Å². The van der Waals surface area contributed by atoms with E-state index in [4.69, 9.17) is 9.47 Å². The Hall–Kier alpha value is -2.67. The third-order valence-electron chi connectivity index (χ3n) is 10.4. The van der Waals surface area contributed by atoms with Crippen molar-refractivity contribution in [3.8, 4) is 5.75 Å². The molecule has 1 heterocycles. The minimum Gasteiger partial charge on any atom is -0.432 e. The second-order valence-corrected chi connectivity index (χ2v) is 12.0. The van der Waals surface area contributed by atoms with E-state index in [-0.39, 0.29) is 30.4 Å². The summed E-state index contributed by atoms with van der Waals surface area (Å²) >= 11 is 0. The number of rotatable bonds is 5. The lowest BCUT2D eigenvalue weighted by Gasteiger charge is -2.63. The molecule has 1 saturated heterocycles. The Morgan fingerprint density at radius 1 is 1.22 bits per heavy atom. The van der Waals surface area contributed by atoms with E-state index in [9.17, 15) is 28.6 Å². The van der Waals surface area contributed by atoms with E-state index in [1.54, 1.807) is 6.92 Å². The predicted molar refractivity (Wildman–Crippen MR) is 131 cm³/mol. The van der Waals surface area contributed by atoms with E-state index in [1.165, 1.54) is 25.1 Å². The van der Waals surface area contributed by atoms with Crippen LogP contribution in [0.25, 0.3) is 0 Å². The molecule has 0 radical (unpaired) electrons. The summed E-state index contributed by atoms with van der Waals surface area (Å²) in [6.45, 7) is -1.31. The van der Waals surface area contributed by atoms with Crippen molar-refractivity contribution in [3.05, 3.63) is 53.4 Å². The van der Waals surface area contributed by atoms with Crippen LogP contribution in [-0.2, 0) is 19.1 Å². The summed E-state index contributed by atoms with van der Waals surface area (Å²) in [4.78, 5) is 25.5. The fourth-order valence-electron chi connectivity index (χ4n) is 8.60. The van der Waals surface area contributed by atoms with Crippen LogP contribution in [0.5, 0.6) is 5.75 Å². The lowest BCUT2D eigenvalue weighted by Crippen LogP contribution is -2.70. The summed E-state index contributed by atoms with van der Waals surface area (Å²) in [6.07, 6.45) is -3.48. The van der Waals surface area contributed by atoms with E-state index >= 15 is 13.2 Å². The number of aliphatic hydroxyl groups excluding tert-OH is 2. The molecule has 2 N–H and O–H groups in total. The molecule has 0 bridgehead atoms. The van der Waals surface area contributed by atoms with Gasteiger partial charge in [-0.25, -0.2) is 13.2 Å². The molecule has 1 aliphatic heterocycles. The molecule has 5 aliphatic rings. The number of alkyl halides is 4. The standard InChI is InChI=1S/C29H29F5O7/c1-26-7-6-13(36)8-17(26)18(30)9-16-15-10-22-29(21(38)12-35,27(15,2)11-20(37)28(16,26)34)41-24(40-22)14-4-3-5-19(23(14)31)39-25(32)33/h3-8,15-16,18,20,22,24-25,35,37H,9-12H2,1-2H3/t15-,16-,18-,20-,22+,24+,26-,27-,28-,29+/m0/s1. The molecular formula is C29H29F5O7. The van der Waals surface area contributed by atoms with E-state index in [0.29, 0.717) is 0 Å². The minimum atomic E-state index is -3.31. The average molecular weight is 585 g/mol. The minimum absolute atomic E-state index is 0.0544. The van der Waals surface area contributed by atoms with Crippen LogP contribution in [0.2, 0.25) is 0 Å². The SMILES string of the molecule is C[C@]12C=CC(=O)C=C1[C@@H](F)C[C@H]1[C@@H]3C[C@H]4O[C@@H](c5cccc(OC(F)F)c5F)O[C@@]4(C(=O)CO)[C@@]3(C)C[C@H](O)[C@@]12F. The van der Waals surface area contributed by atoms with Gasteiger partial charge in [-0.05, 0) is 55.9 Å². The molecule has 0 unspecified atom stereocenters. The number of benzene rings is 1. The Kier molecular flexibility index (Phi) is 6.36. The molecule has 4 fully saturated rings. The molecule has 222 valence electrons. The fraction of sp³-hybridized carbons (Fsp3) is 0.586. The zero-order valence-electron chi connectivity index (χ0n) is 22.2. The second kappa shape index (κ2) is 9.16. The number of ether oxygens (including phenoxy) is 3. The van der Waals surface area contributed by atoms with Crippen LogP contribution in [0, 0.1) is 28.5 Å². The van der Waals surface area contributed by atoms with Crippen molar-refractivity contribution in [2.45, 2.75) is 75.7 Å². The molecule has 0 amide bonds. The Morgan fingerprint density at radius 2 is 1.95 bits per heavy atom. The first kappa shape index (κ1) is 28.4. The van der Waals surface area contributed by atoms with Crippen molar-refractivity contribution >= 4 is 11.6 Å². The van der Waals surface area contributed by atoms with Crippen LogP contribution in [0.3, 0.4) is 0 Å². The van der Waals surface area contributed by atoms with Crippen LogP contribution in [0.1, 0.15) is 45.0 Å². The zero-order chi connectivity index (χ0) is 29.7. The molecular weight excluding hydrogens is 555 g/mol. The summed E-state index contributed by atoms with van der Waals surface area (Å²) in [6, 6.07) is 3.43. The molecule has 3 saturated carbocycles. The molecule has 1 aromatic rings. The fourth-order valence-corrected chi connectivity index (χ4v) is 8.60. The third kappa shape index (κ3) is 3.50. The molecule has 6 rings (SSSR count). The largest absolute Gasteiger partial charge is 0.432 e. The number of fused-ring (bicyclic) bond motifs is 7. The van der Waals surface area contributed by atoms with Crippen molar-refractivity contribution in [1.29, 1.82) is 0 Å². The molecule has 0 spiro atoms. The van der Waals surface area contributed by atoms with Crippen LogP contribution >= 0.6 is 0 Å². The van der Waals surface area contributed by atoms with Crippen LogP contribution < -0.4 is 4.74 Å². The van der Waals surface area contributed by atoms with Gasteiger partial charge in [-0.3, -0.25) is 9.59 Å². The van der Waals surface area contributed by atoms with E-state index in [1.807, 2.05) is 0 Å². The van der Waals surface area contributed by atoms with E-state index in [2.05, 4.69) is 4.74 Å². The van der Waals surface area contributed by atoms with Gasteiger partial charge in [0.1, 0.15) is 12.8 Å². The van der Waals surface area contributed by atoms with Gasteiger partial charge in [0.2, 0.25) is 0 Å². The van der Waals surface area contributed by atoms with Gasteiger partial charge in [-0.1, -0.05) is 25.1 Å². The van der Waals surface area contributed by atoms with Crippen LogP contribution in [-0.4, -0.2) is 64.6 Å². The highest BCUT2D eigenvalue weighted by Gasteiger charge is 2.80. The maximum Gasteiger partial charge on any atom is 0.387 e. The number of hydrogen-bond acceptors (Lipinski definition) is 7. The van der Waals surface area contributed by atoms with Crippen molar-refractivity contribution in [2.24, 2.45) is 22.7 Å². The van der Waals surface area contributed by atoms with Gasteiger partial charge in [0, 0.05) is 22.3 Å². The highest BCUT2D eigenvalue weighted by atomic mass is 19.3. The van der Waals surface area contributed by atoms with Gasteiger partial charge in [-0.2, -0.15) is 8.78 Å². The Bertz CT molecular complexity index is 1370. The lowest BCUT2D eigenvalue weighted by molar-refractivity contribution is -0.235. The number of allylic oxidation sites excluding steroid dienone is 4. The van der Waals surface area contributed by atoms with Crippen molar-refractivity contribution in [2.75, 3.05) is 6.61 Å². The second-order valence-electron chi connectivity index (χ2n) is 12.0. The maximum absolute atomic E-state index is 17.4. The lowest BCUT2D eigenvalue weighted by atomic mass is 9.44. The van der Waals surface area contributed by atoms with Crippen molar-refractivity contribution in [3.63, 3.8) is 0 Å². The highest BCUT2D eigenvalue weighted by Crippen LogP contribution is 2.72. The number of carbonyl (C=O) groups is 2. The molecule has 10 atom stereocenters. The zero-order valence-corrected chi connectivity index (χ0v) is 22.2. The summed E-state index contributed by atoms with van der Waals surface area (Å²) in [7, 11) is 0. The van der Waals surface area contributed by atoms with E-state index in [0.717, 1.165) is 18.2 Å². The van der Waals surface area contributed by atoms with Gasteiger partial charge < -0.3 is 24.4 Å². The number of Topliss-reactive ketones (excluding diaryl/α,β-unsaturated/α-hetero) is 1. The van der Waals surface area contributed by atoms with Gasteiger partial charge in [-0.15, -0.1) is 0 Å². The highest BCUT2D eigenvalue weighted by molar-refractivity contribution is 6.01. The first-order valence-corrected chi connectivity index (χ1v) is 13.4. The number of halogens is 5. The van der Waals surface area contributed by atoms with Gasteiger partial charge in [0.25, 0.3) is 0 Å². The molecule has 41 heavy (non-hydrogen) atoms. The Balaban J connectivity index is 1.42. The monoisotopic (exact) mass is 584 g/mol. The van der Waals surface area contributed by atoms with E-state index < -0.39 is 95.0 Å². The first-order valence-electron chi connectivity index (χ1n) is 13.4.